The number of piperidine rings is 1. The quantitative estimate of drug-likeness (QED) is 0.503. The van der Waals surface area contributed by atoms with Gasteiger partial charge in [0, 0.05) is 19.1 Å². The SMILES string of the molecule is CC(C)(C)OC(=O)N1CCC[C@@H](Nc2nc(Cl)ncc2[N+](=O)[O-])C1. The molecule has 0 unspecified atom stereocenters. The highest BCUT2D eigenvalue weighted by atomic mass is 35.5. The fraction of sp³-hybridized carbons (Fsp3) is 0.643. The predicted molar refractivity (Wildman–Crippen MR) is 88.1 cm³/mol. The van der Waals surface area contributed by atoms with Gasteiger partial charge in [-0.25, -0.2) is 9.78 Å². The van der Waals surface area contributed by atoms with Crippen LogP contribution in [0.25, 0.3) is 0 Å². The minimum atomic E-state index is -0.576. The average Bonchev–Trinajstić information content (AvgIpc) is 2.45. The lowest BCUT2D eigenvalue weighted by Crippen LogP contribution is -2.47. The highest BCUT2D eigenvalue weighted by Gasteiger charge is 2.29. The van der Waals surface area contributed by atoms with Gasteiger partial charge < -0.3 is 15.0 Å². The summed E-state index contributed by atoms with van der Waals surface area (Å²) in [4.78, 5) is 31.7. The molecule has 0 aliphatic carbocycles. The number of nitrogens with one attached hydrogen (secondary N) is 1. The van der Waals surface area contributed by atoms with Gasteiger partial charge in [-0.15, -0.1) is 0 Å². The number of nitro groups is 1. The van der Waals surface area contributed by atoms with Gasteiger partial charge in [-0.1, -0.05) is 0 Å². The normalized spacial score (nSPS) is 18.2. The smallest absolute Gasteiger partial charge is 0.410 e. The lowest BCUT2D eigenvalue weighted by molar-refractivity contribution is -0.384. The molecule has 0 radical (unpaired) electrons. The standard InChI is InChI=1S/C14H20ClN5O4/c1-14(2,3)24-13(21)19-6-4-5-9(8-19)17-11-10(20(22)23)7-16-12(15)18-11/h7,9H,4-6,8H2,1-3H3,(H,16,17,18)/t9-/m1/s1. The summed E-state index contributed by atoms with van der Waals surface area (Å²) < 4.78 is 5.36. The first-order valence-corrected chi connectivity index (χ1v) is 7.95. The fourth-order valence-electron chi connectivity index (χ4n) is 2.37. The third-order valence-electron chi connectivity index (χ3n) is 3.35. The number of anilines is 1. The highest BCUT2D eigenvalue weighted by Crippen LogP contribution is 2.25. The number of hydrogen-bond donors (Lipinski definition) is 1. The molecule has 2 rings (SSSR count). The van der Waals surface area contributed by atoms with E-state index in [0.29, 0.717) is 13.1 Å². The van der Waals surface area contributed by atoms with Gasteiger partial charge >= 0.3 is 11.8 Å². The van der Waals surface area contributed by atoms with Crippen LogP contribution in [0.15, 0.2) is 6.20 Å². The summed E-state index contributed by atoms with van der Waals surface area (Å²) in [5.41, 5.74) is -0.829. The first kappa shape index (κ1) is 18.2. The zero-order chi connectivity index (χ0) is 17.9. The van der Waals surface area contributed by atoms with Gasteiger partial charge in [0.25, 0.3) is 0 Å². The molecule has 0 saturated carbocycles. The van der Waals surface area contributed by atoms with Crippen molar-refractivity contribution < 1.29 is 14.5 Å². The van der Waals surface area contributed by atoms with Crippen molar-refractivity contribution in [3.63, 3.8) is 0 Å². The third-order valence-corrected chi connectivity index (χ3v) is 3.53. The lowest BCUT2D eigenvalue weighted by atomic mass is 10.1. The topological polar surface area (TPSA) is 110 Å². The van der Waals surface area contributed by atoms with Crippen molar-refractivity contribution >= 4 is 29.2 Å². The third kappa shape index (κ3) is 4.92. The fourth-order valence-corrected chi connectivity index (χ4v) is 2.51. The maximum absolute atomic E-state index is 12.2. The van der Waals surface area contributed by atoms with E-state index < -0.39 is 16.6 Å². The molecule has 1 saturated heterocycles. The number of aromatic nitrogens is 2. The van der Waals surface area contributed by atoms with E-state index in [0.717, 1.165) is 19.0 Å². The molecule has 24 heavy (non-hydrogen) atoms. The molecule has 1 aliphatic rings. The minimum absolute atomic E-state index is 0.0519. The van der Waals surface area contributed by atoms with Crippen molar-refractivity contribution in [3.8, 4) is 0 Å². The second-order valence-corrected chi connectivity index (χ2v) is 6.88. The summed E-state index contributed by atoms with van der Waals surface area (Å²) in [6.45, 7) is 6.36. The Hall–Kier alpha value is -2.16. The van der Waals surface area contributed by atoms with E-state index in [4.69, 9.17) is 16.3 Å². The zero-order valence-corrected chi connectivity index (χ0v) is 14.5. The van der Waals surface area contributed by atoms with Crippen LogP contribution < -0.4 is 5.32 Å². The van der Waals surface area contributed by atoms with E-state index in [1.54, 1.807) is 25.7 Å². The molecule has 0 spiro atoms. The molecule has 10 heteroatoms. The van der Waals surface area contributed by atoms with Crippen LogP contribution in [0.5, 0.6) is 0 Å². The molecule has 2 heterocycles. The summed E-state index contributed by atoms with van der Waals surface area (Å²) in [6.07, 6.45) is 2.16. The molecule has 1 aromatic rings. The van der Waals surface area contributed by atoms with Crippen LogP contribution in [-0.2, 0) is 4.74 Å². The van der Waals surface area contributed by atoms with Crippen molar-refractivity contribution in [2.24, 2.45) is 0 Å². The van der Waals surface area contributed by atoms with Crippen molar-refractivity contribution in [1.29, 1.82) is 0 Å². The Morgan fingerprint density at radius 2 is 2.25 bits per heavy atom. The Bertz CT molecular complexity index is 634. The Balaban J connectivity index is 2.07. The Morgan fingerprint density at radius 1 is 1.54 bits per heavy atom. The number of rotatable bonds is 3. The molecule has 0 bridgehead atoms. The number of carbonyl (C=O) groups is 1. The monoisotopic (exact) mass is 357 g/mol. The minimum Gasteiger partial charge on any atom is -0.444 e. The number of halogens is 1. The van der Waals surface area contributed by atoms with Gasteiger partial charge in [0.2, 0.25) is 11.1 Å². The maximum Gasteiger partial charge on any atom is 0.410 e. The van der Waals surface area contributed by atoms with E-state index in [-0.39, 0.29) is 22.8 Å². The van der Waals surface area contributed by atoms with Crippen molar-refractivity contribution in [2.45, 2.75) is 45.3 Å². The number of likely N-dealkylation sites (tertiary alicyclic amines) is 1. The van der Waals surface area contributed by atoms with Crippen LogP contribution >= 0.6 is 11.6 Å². The van der Waals surface area contributed by atoms with Gasteiger partial charge in [-0.2, -0.15) is 4.98 Å². The van der Waals surface area contributed by atoms with Gasteiger partial charge in [0.05, 0.1) is 4.92 Å². The number of ether oxygens (including phenoxy) is 1. The molecule has 132 valence electrons. The van der Waals surface area contributed by atoms with Gasteiger partial charge in [-0.3, -0.25) is 10.1 Å². The molecular weight excluding hydrogens is 338 g/mol. The summed E-state index contributed by atoms with van der Waals surface area (Å²) in [5.74, 6) is 0.0519. The molecule has 1 fully saturated rings. The number of hydrogen-bond acceptors (Lipinski definition) is 7. The summed E-state index contributed by atoms with van der Waals surface area (Å²) in [6, 6.07) is -0.184. The highest BCUT2D eigenvalue weighted by molar-refractivity contribution is 6.28. The lowest BCUT2D eigenvalue weighted by Gasteiger charge is -2.34. The number of nitrogens with zero attached hydrogens (tertiary/aromatic N) is 4. The van der Waals surface area contributed by atoms with Crippen LogP contribution in [0.3, 0.4) is 0 Å². The van der Waals surface area contributed by atoms with Crippen LogP contribution in [0.2, 0.25) is 5.28 Å². The van der Waals surface area contributed by atoms with Crippen molar-refractivity contribution in [1.82, 2.24) is 14.9 Å². The zero-order valence-electron chi connectivity index (χ0n) is 13.8. The largest absolute Gasteiger partial charge is 0.444 e. The van der Waals surface area contributed by atoms with Crippen molar-refractivity contribution in [2.75, 3.05) is 18.4 Å². The first-order chi connectivity index (χ1) is 11.2. The number of amides is 1. The molecule has 9 nitrogen and oxygen atoms in total. The van der Waals surface area contributed by atoms with E-state index >= 15 is 0 Å². The molecule has 1 atom stereocenters. The molecule has 1 amide bonds. The maximum atomic E-state index is 12.2. The molecule has 1 aliphatic heterocycles. The summed E-state index contributed by atoms with van der Waals surface area (Å²) >= 11 is 5.72. The Morgan fingerprint density at radius 3 is 2.88 bits per heavy atom. The molecular formula is C14H20ClN5O4. The second-order valence-electron chi connectivity index (χ2n) is 6.54. The first-order valence-electron chi connectivity index (χ1n) is 7.57. The summed E-state index contributed by atoms with van der Waals surface area (Å²) in [5, 5.41) is 14.0. The van der Waals surface area contributed by atoms with E-state index in [1.807, 2.05) is 0 Å². The average molecular weight is 358 g/mol. The predicted octanol–water partition coefficient (Wildman–Crippen LogP) is 2.85. The van der Waals surface area contributed by atoms with Crippen LogP contribution in [0.4, 0.5) is 16.3 Å². The van der Waals surface area contributed by atoms with Crippen LogP contribution in [-0.4, -0.2) is 50.6 Å². The van der Waals surface area contributed by atoms with Gasteiger partial charge in [0.15, 0.2) is 0 Å². The second kappa shape index (κ2) is 7.16. The van der Waals surface area contributed by atoms with Gasteiger partial charge in [0.1, 0.15) is 11.8 Å². The molecule has 1 N–H and O–H groups in total. The summed E-state index contributed by atoms with van der Waals surface area (Å²) in [7, 11) is 0. The Kier molecular flexibility index (Phi) is 5.43. The Labute approximate surface area is 144 Å². The van der Waals surface area contributed by atoms with Crippen LogP contribution in [0, 0.1) is 10.1 Å². The molecule has 1 aromatic heterocycles. The van der Waals surface area contributed by atoms with E-state index in [2.05, 4.69) is 15.3 Å². The van der Waals surface area contributed by atoms with Gasteiger partial charge in [-0.05, 0) is 45.2 Å². The molecule has 0 aromatic carbocycles. The van der Waals surface area contributed by atoms with E-state index in [1.165, 1.54) is 0 Å². The van der Waals surface area contributed by atoms with Crippen LogP contribution in [0.1, 0.15) is 33.6 Å². The van der Waals surface area contributed by atoms with E-state index in [9.17, 15) is 14.9 Å². The van der Waals surface area contributed by atoms with Crippen molar-refractivity contribution in [3.05, 3.63) is 21.6 Å². The number of carbonyl (C=O) groups excluding carboxylic acids is 1.